The van der Waals surface area contributed by atoms with Gasteiger partial charge in [-0.05, 0) is 45.1 Å². The van der Waals surface area contributed by atoms with Crippen molar-refractivity contribution in [1.29, 1.82) is 0 Å². The van der Waals surface area contributed by atoms with Crippen molar-refractivity contribution in [2.24, 2.45) is 5.92 Å². The van der Waals surface area contributed by atoms with E-state index in [1.165, 1.54) is 0 Å². The number of aromatic nitrogens is 1. The number of rotatable bonds is 2. The summed E-state index contributed by atoms with van der Waals surface area (Å²) in [6, 6.07) is 3.46. The van der Waals surface area contributed by atoms with Crippen LogP contribution in [0, 0.1) is 5.92 Å². The molecule has 1 aliphatic heterocycles. The number of nitrogens with two attached hydrogens (primary N) is 1. The first-order valence-corrected chi connectivity index (χ1v) is 5.86. The molecule has 108 valence electrons. The third-order valence-electron chi connectivity index (χ3n) is 3.14. The smallest absolute Gasteiger partial charge is 0.227 e. The Kier molecular flexibility index (Phi) is 7.75. The number of carbonyl (C=O) groups is 1. The lowest BCUT2D eigenvalue weighted by molar-refractivity contribution is -0.121. The van der Waals surface area contributed by atoms with Gasteiger partial charge in [-0.3, -0.25) is 4.79 Å². The number of amides is 1. The highest BCUT2D eigenvalue weighted by molar-refractivity contribution is 5.92. The molecule has 0 unspecified atom stereocenters. The number of nitrogen functional groups attached to an aromatic ring is 1. The molecule has 2 rings (SSSR count). The lowest BCUT2D eigenvalue weighted by Gasteiger charge is -2.27. The van der Waals surface area contributed by atoms with Gasteiger partial charge in [-0.1, -0.05) is 0 Å². The summed E-state index contributed by atoms with van der Waals surface area (Å²) in [4.78, 5) is 18.2. The number of nitrogens with zero attached hydrogens (tertiary/aromatic N) is 2. The number of hydrogen-bond acceptors (Lipinski definition) is 4. The number of carbonyl (C=O) groups excluding carboxylic acids is 1. The Bertz CT molecular complexity index is 391. The van der Waals surface area contributed by atoms with Crippen molar-refractivity contribution < 1.29 is 4.79 Å². The molecule has 5 nitrogen and oxygen atoms in total. The molecule has 0 spiro atoms. The van der Waals surface area contributed by atoms with Crippen molar-refractivity contribution in [3.63, 3.8) is 0 Å². The van der Waals surface area contributed by atoms with E-state index in [9.17, 15) is 4.79 Å². The average Bonchev–Trinajstić information content (AvgIpc) is 2.33. The quantitative estimate of drug-likeness (QED) is 0.874. The van der Waals surface area contributed by atoms with Crippen LogP contribution in [0.15, 0.2) is 18.3 Å². The average molecular weight is 307 g/mol. The molecule has 1 aliphatic rings. The first-order chi connectivity index (χ1) is 8.15. The zero-order valence-corrected chi connectivity index (χ0v) is 12.5. The number of halogens is 2. The molecule has 0 saturated carbocycles. The van der Waals surface area contributed by atoms with Crippen LogP contribution >= 0.6 is 24.8 Å². The van der Waals surface area contributed by atoms with Gasteiger partial charge in [0, 0.05) is 5.92 Å². The highest BCUT2D eigenvalue weighted by Crippen LogP contribution is 2.18. The summed E-state index contributed by atoms with van der Waals surface area (Å²) in [7, 11) is 2.08. The number of likely N-dealkylation sites (tertiary alicyclic amines) is 1. The van der Waals surface area contributed by atoms with Crippen molar-refractivity contribution >= 4 is 42.2 Å². The second-order valence-corrected chi connectivity index (χ2v) is 4.54. The van der Waals surface area contributed by atoms with Gasteiger partial charge in [0.05, 0.1) is 11.9 Å². The third-order valence-corrected chi connectivity index (χ3v) is 3.14. The fourth-order valence-corrected chi connectivity index (χ4v) is 1.99. The molecule has 1 saturated heterocycles. The summed E-state index contributed by atoms with van der Waals surface area (Å²) < 4.78 is 0. The fourth-order valence-electron chi connectivity index (χ4n) is 1.99. The van der Waals surface area contributed by atoms with Gasteiger partial charge >= 0.3 is 0 Å². The van der Waals surface area contributed by atoms with Gasteiger partial charge in [0.1, 0.15) is 5.82 Å². The minimum atomic E-state index is 0. The summed E-state index contributed by atoms with van der Waals surface area (Å²) >= 11 is 0. The lowest BCUT2D eigenvalue weighted by atomic mass is 9.96. The van der Waals surface area contributed by atoms with Crippen molar-refractivity contribution in [3.05, 3.63) is 18.3 Å². The molecule has 0 aromatic carbocycles. The first kappa shape index (κ1) is 18.0. The first-order valence-electron chi connectivity index (χ1n) is 5.86. The van der Waals surface area contributed by atoms with Crippen LogP contribution in [-0.4, -0.2) is 35.9 Å². The van der Waals surface area contributed by atoms with Crippen LogP contribution in [-0.2, 0) is 4.79 Å². The van der Waals surface area contributed by atoms with Crippen LogP contribution in [0.5, 0.6) is 0 Å². The van der Waals surface area contributed by atoms with Crippen LogP contribution in [0.2, 0.25) is 0 Å². The number of hydrogen-bond donors (Lipinski definition) is 2. The van der Waals surface area contributed by atoms with E-state index in [1.54, 1.807) is 18.3 Å². The summed E-state index contributed by atoms with van der Waals surface area (Å²) in [6.07, 6.45) is 3.43. The zero-order valence-electron chi connectivity index (χ0n) is 10.8. The Balaban J connectivity index is 0.00000162. The van der Waals surface area contributed by atoms with Gasteiger partial charge in [0.15, 0.2) is 0 Å². The van der Waals surface area contributed by atoms with Crippen LogP contribution in [0.4, 0.5) is 11.5 Å². The van der Waals surface area contributed by atoms with Gasteiger partial charge in [-0.2, -0.15) is 0 Å². The minimum Gasteiger partial charge on any atom is -0.384 e. The maximum Gasteiger partial charge on any atom is 0.227 e. The van der Waals surface area contributed by atoms with E-state index in [2.05, 4.69) is 22.2 Å². The summed E-state index contributed by atoms with van der Waals surface area (Å²) in [6.45, 7) is 1.97. The van der Waals surface area contributed by atoms with Crippen LogP contribution in [0.3, 0.4) is 0 Å². The minimum absolute atomic E-state index is 0. The van der Waals surface area contributed by atoms with Gasteiger partial charge in [0.25, 0.3) is 0 Å². The predicted octanol–water partition coefficient (Wildman–Crippen LogP) is 1.79. The van der Waals surface area contributed by atoms with Gasteiger partial charge in [-0.25, -0.2) is 4.98 Å². The molecule has 1 fully saturated rings. The lowest BCUT2D eigenvalue weighted by Crippen LogP contribution is -2.35. The molecule has 3 N–H and O–H groups in total. The molecule has 0 atom stereocenters. The van der Waals surface area contributed by atoms with E-state index in [-0.39, 0.29) is 36.6 Å². The van der Waals surface area contributed by atoms with Gasteiger partial charge in [-0.15, -0.1) is 24.8 Å². The van der Waals surface area contributed by atoms with E-state index in [0.29, 0.717) is 11.5 Å². The number of piperidine rings is 1. The molecule has 7 heteroatoms. The molecule has 1 aromatic rings. The SMILES string of the molecule is CN1CCC(C(=O)Nc2ccc(N)nc2)CC1.Cl.Cl. The molecule has 0 radical (unpaired) electrons. The van der Waals surface area contributed by atoms with E-state index in [4.69, 9.17) is 5.73 Å². The Morgan fingerprint density at radius 2 is 2.00 bits per heavy atom. The fraction of sp³-hybridized carbons (Fsp3) is 0.500. The molecule has 0 bridgehead atoms. The third kappa shape index (κ3) is 5.22. The maximum atomic E-state index is 12.0. The molecular weight excluding hydrogens is 287 g/mol. The molecule has 2 heterocycles. The highest BCUT2D eigenvalue weighted by Gasteiger charge is 2.23. The van der Waals surface area contributed by atoms with Crippen molar-refractivity contribution in [1.82, 2.24) is 9.88 Å². The number of pyridine rings is 1. The Morgan fingerprint density at radius 3 is 2.53 bits per heavy atom. The molecule has 1 amide bonds. The van der Waals surface area contributed by atoms with Crippen molar-refractivity contribution in [3.8, 4) is 0 Å². The van der Waals surface area contributed by atoms with Crippen LogP contribution < -0.4 is 11.1 Å². The summed E-state index contributed by atoms with van der Waals surface area (Å²) in [5, 5.41) is 2.88. The standard InChI is InChI=1S/C12H18N4O.2ClH/c1-16-6-4-9(5-7-16)12(17)15-10-2-3-11(13)14-8-10;;/h2-3,8-9H,4-7H2,1H3,(H2,13,14)(H,15,17);2*1H. The maximum absolute atomic E-state index is 12.0. The molecule has 19 heavy (non-hydrogen) atoms. The van der Waals surface area contributed by atoms with Crippen molar-refractivity contribution in [2.45, 2.75) is 12.8 Å². The van der Waals surface area contributed by atoms with Gasteiger partial charge < -0.3 is 16.0 Å². The Hall–Kier alpha value is -1.04. The summed E-state index contributed by atoms with van der Waals surface area (Å²) in [5.41, 5.74) is 6.20. The normalized spacial score (nSPS) is 16.1. The van der Waals surface area contributed by atoms with Crippen LogP contribution in [0.25, 0.3) is 0 Å². The van der Waals surface area contributed by atoms with E-state index >= 15 is 0 Å². The second kappa shape index (κ2) is 8.19. The van der Waals surface area contributed by atoms with E-state index in [0.717, 1.165) is 25.9 Å². The zero-order chi connectivity index (χ0) is 12.3. The molecular formula is C12H20Cl2N4O. The topological polar surface area (TPSA) is 71.2 Å². The predicted molar refractivity (Wildman–Crippen MR) is 82.0 cm³/mol. The van der Waals surface area contributed by atoms with E-state index in [1.807, 2.05) is 0 Å². The monoisotopic (exact) mass is 306 g/mol. The van der Waals surface area contributed by atoms with Crippen molar-refractivity contribution in [2.75, 3.05) is 31.2 Å². The summed E-state index contributed by atoms with van der Waals surface area (Å²) in [5.74, 6) is 0.663. The number of nitrogens with one attached hydrogen (secondary N) is 1. The largest absolute Gasteiger partial charge is 0.384 e. The van der Waals surface area contributed by atoms with Crippen LogP contribution in [0.1, 0.15) is 12.8 Å². The van der Waals surface area contributed by atoms with Gasteiger partial charge in [0.2, 0.25) is 5.91 Å². The Morgan fingerprint density at radius 1 is 1.37 bits per heavy atom. The Labute approximate surface area is 125 Å². The molecule has 1 aromatic heterocycles. The molecule has 0 aliphatic carbocycles. The van der Waals surface area contributed by atoms with E-state index < -0.39 is 0 Å². The highest BCUT2D eigenvalue weighted by atomic mass is 35.5. The second-order valence-electron chi connectivity index (χ2n) is 4.54. The number of anilines is 2.